The van der Waals surface area contributed by atoms with Crippen LogP contribution in [0, 0.1) is 6.92 Å². The summed E-state index contributed by atoms with van der Waals surface area (Å²) >= 11 is 1.81. The Kier molecular flexibility index (Phi) is 8.35. The lowest BCUT2D eigenvalue weighted by molar-refractivity contribution is 1.06. The first-order valence-corrected chi connectivity index (χ1v) is 20.6. The molecule has 0 aliphatic heterocycles. The molecule has 0 atom stereocenters. The quantitative estimate of drug-likeness (QED) is 0.162. The SMILES string of the molecule is C=Cc1ccccc1-c1c(C)n(-c2ccc3c(c2)sc2cccc(-c4nc(-c5ccccc5)nc(-c5cccc(-c6ccccc6)c5)n4)c23)c2ccc3ccccc3c12. The average molecular weight is 773 g/mol. The van der Waals surface area contributed by atoms with Crippen molar-refractivity contribution in [2.75, 3.05) is 0 Å². The molecule has 11 aromatic rings. The van der Waals surface area contributed by atoms with Crippen molar-refractivity contribution in [2.45, 2.75) is 6.92 Å². The Morgan fingerprint density at radius 1 is 0.492 bits per heavy atom. The van der Waals surface area contributed by atoms with E-state index in [2.05, 4.69) is 176 Å². The second kappa shape index (κ2) is 14.2. The first kappa shape index (κ1) is 34.8. The van der Waals surface area contributed by atoms with Gasteiger partial charge in [0.25, 0.3) is 0 Å². The van der Waals surface area contributed by atoms with Gasteiger partial charge in [0.05, 0.1) is 5.52 Å². The van der Waals surface area contributed by atoms with Gasteiger partial charge in [0.15, 0.2) is 17.5 Å². The second-order valence-electron chi connectivity index (χ2n) is 14.8. The molecule has 0 radical (unpaired) electrons. The van der Waals surface area contributed by atoms with E-state index >= 15 is 0 Å². The zero-order valence-electron chi connectivity index (χ0n) is 32.3. The average Bonchev–Trinajstić information content (AvgIpc) is 3.83. The fourth-order valence-corrected chi connectivity index (χ4v) is 9.86. The van der Waals surface area contributed by atoms with E-state index in [1.165, 1.54) is 53.3 Å². The van der Waals surface area contributed by atoms with E-state index < -0.39 is 0 Å². The van der Waals surface area contributed by atoms with Crippen LogP contribution >= 0.6 is 11.3 Å². The predicted molar refractivity (Wildman–Crippen MR) is 249 cm³/mol. The summed E-state index contributed by atoms with van der Waals surface area (Å²) in [6, 6.07) is 64.2. The molecule has 0 amide bonds. The van der Waals surface area contributed by atoms with Gasteiger partial charge in [-0.1, -0.05) is 164 Å². The van der Waals surface area contributed by atoms with Gasteiger partial charge < -0.3 is 4.57 Å². The minimum absolute atomic E-state index is 0.641. The second-order valence-corrected chi connectivity index (χ2v) is 15.9. The summed E-state index contributed by atoms with van der Waals surface area (Å²) in [7, 11) is 0. The third-order valence-electron chi connectivity index (χ3n) is 11.4. The topological polar surface area (TPSA) is 43.6 Å². The van der Waals surface area contributed by atoms with Crippen LogP contribution in [0.2, 0.25) is 0 Å². The van der Waals surface area contributed by atoms with Gasteiger partial charge in [0.1, 0.15) is 0 Å². The van der Waals surface area contributed by atoms with Crippen molar-refractivity contribution in [1.82, 2.24) is 19.5 Å². The molecule has 0 saturated heterocycles. The zero-order chi connectivity index (χ0) is 39.5. The van der Waals surface area contributed by atoms with Crippen LogP contribution in [-0.4, -0.2) is 19.5 Å². The summed E-state index contributed by atoms with van der Waals surface area (Å²) in [5, 5.41) is 6.04. The molecule has 59 heavy (non-hydrogen) atoms. The highest BCUT2D eigenvalue weighted by Gasteiger charge is 2.22. The highest BCUT2D eigenvalue weighted by molar-refractivity contribution is 7.26. The summed E-state index contributed by atoms with van der Waals surface area (Å²) in [6.07, 6.45) is 1.96. The van der Waals surface area contributed by atoms with E-state index in [9.17, 15) is 0 Å². The van der Waals surface area contributed by atoms with Crippen molar-refractivity contribution >= 4 is 59.3 Å². The van der Waals surface area contributed by atoms with E-state index in [0.29, 0.717) is 17.5 Å². The lowest BCUT2D eigenvalue weighted by Crippen LogP contribution is -2.00. The maximum atomic E-state index is 5.22. The smallest absolute Gasteiger partial charge is 0.164 e. The lowest BCUT2D eigenvalue weighted by Gasteiger charge is -2.11. The van der Waals surface area contributed by atoms with Crippen molar-refractivity contribution in [1.29, 1.82) is 0 Å². The molecule has 3 aromatic heterocycles. The molecule has 0 aliphatic carbocycles. The molecule has 3 heterocycles. The first-order chi connectivity index (χ1) is 29.1. The lowest BCUT2D eigenvalue weighted by atomic mass is 9.94. The fraction of sp³-hybridized carbons (Fsp3) is 0.0185. The van der Waals surface area contributed by atoms with Gasteiger partial charge in [-0.2, -0.15) is 0 Å². The number of aromatic nitrogens is 4. The summed E-state index contributed by atoms with van der Waals surface area (Å²) in [6.45, 7) is 6.42. The normalized spacial score (nSPS) is 11.5. The number of thiophene rings is 1. The van der Waals surface area contributed by atoms with Gasteiger partial charge in [-0.05, 0) is 70.3 Å². The fourth-order valence-electron chi connectivity index (χ4n) is 8.70. The third-order valence-corrected chi connectivity index (χ3v) is 12.5. The third kappa shape index (κ3) is 5.86. The Morgan fingerprint density at radius 2 is 1.15 bits per heavy atom. The van der Waals surface area contributed by atoms with Crippen LogP contribution in [0.5, 0.6) is 0 Å². The monoisotopic (exact) mass is 772 g/mol. The molecule has 0 spiro atoms. The number of hydrogen-bond donors (Lipinski definition) is 0. The molecule has 5 heteroatoms. The van der Waals surface area contributed by atoms with E-state index in [1.54, 1.807) is 11.3 Å². The van der Waals surface area contributed by atoms with Crippen LogP contribution in [0.1, 0.15) is 11.3 Å². The van der Waals surface area contributed by atoms with E-state index in [0.717, 1.165) is 44.5 Å². The Hall–Kier alpha value is -7.47. The van der Waals surface area contributed by atoms with Crippen molar-refractivity contribution in [3.63, 3.8) is 0 Å². The van der Waals surface area contributed by atoms with Gasteiger partial charge in [-0.25, -0.2) is 15.0 Å². The number of rotatable bonds is 7. The molecule has 0 bridgehead atoms. The van der Waals surface area contributed by atoms with Crippen LogP contribution in [0.3, 0.4) is 0 Å². The van der Waals surface area contributed by atoms with Gasteiger partial charge in [-0.3, -0.25) is 0 Å². The maximum Gasteiger partial charge on any atom is 0.164 e. The summed E-state index contributed by atoms with van der Waals surface area (Å²) < 4.78 is 4.81. The molecule has 0 aliphatic rings. The number of hydrogen-bond acceptors (Lipinski definition) is 4. The zero-order valence-corrected chi connectivity index (χ0v) is 33.1. The van der Waals surface area contributed by atoms with Crippen molar-refractivity contribution < 1.29 is 0 Å². The molecular weight excluding hydrogens is 737 g/mol. The van der Waals surface area contributed by atoms with Crippen LogP contribution in [0.25, 0.3) is 110 Å². The highest BCUT2D eigenvalue weighted by Crippen LogP contribution is 2.45. The standard InChI is InChI=1S/C54H36N4S/c1-3-35-16-10-12-24-42(35)49-34(2)58(46-31-28-37-19-11-13-25-43(37)51(46)49)41-29-30-44-48(33-41)59-47-27-15-26-45(50(44)47)54-56-52(38-20-8-5-9-21-38)55-53(57-54)40-23-14-22-39(32-40)36-17-6-4-7-18-36/h3-33H,1H2,2H3. The van der Waals surface area contributed by atoms with E-state index in [4.69, 9.17) is 15.0 Å². The highest BCUT2D eigenvalue weighted by atomic mass is 32.1. The molecule has 0 N–H and O–H groups in total. The van der Waals surface area contributed by atoms with Gasteiger partial charge in [0, 0.05) is 59.2 Å². The van der Waals surface area contributed by atoms with Crippen molar-refractivity contribution in [3.05, 3.63) is 200 Å². The molecule has 8 aromatic carbocycles. The molecule has 4 nitrogen and oxygen atoms in total. The minimum Gasteiger partial charge on any atom is -0.313 e. The van der Waals surface area contributed by atoms with Gasteiger partial charge >= 0.3 is 0 Å². The predicted octanol–water partition coefficient (Wildman–Crippen LogP) is 14.6. The summed E-state index contributed by atoms with van der Waals surface area (Å²) in [4.78, 5) is 15.5. The number of nitrogens with zero attached hydrogens (tertiary/aromatic N) is 4. The summed E-state index contributed by atoms with van der Waals surface area (Å²) in [5.74, 6) is 1.94. The Bertz CT molecular complexity index is 3420. The first-order valence-electron chi connectivity index (χ1n) is 19.8. The molecule has 278 valence electrons. The van der Waals surface area contributed by atoms with Crippen molar-refractivity contribution in [2.24, 2.45) is 0 Å². The Labute approximate surface area is 346 Å². The maximum absolute atomic E-state index is 5.22. The molecule has 0 fully saturated rings. The Balaban J connectivity index is 1.10. The molecule has 11 rings (SSSR count). The van der Waals surface area contributed by atoms with Crippen LogP contribution < -0.4 is 0 Å². The van der Waals surface area contributed by atoms with E-state index in [1.807, 2.05) is 30.3 Å². The van der Waals surface area contributed by atoms with Crippen LogP contribution in [0.15, 0.2) is 189 Å². The van der Waals surface area contributed by atoms with Crippen LogP contribution in [0.4, 0.5) is 0 Å². The Morgan fingerprint density at radius 3 is 1.98 bits per heavy atom. The molecule has 0 unspecified atom stereocenters. The number of fused-ring (bicyclic) bond motifs is 6. The minimum atomic E-state index is 0.641. The molecular formula is C54H36N4S. The van der Waals surface area contributed by atoms with Crippen molar-refractivity contribution in [3.8, 4) is 62.1 Å². The largest absolute Gasteiger partial charge is 0.313 e. The van der Waals surface area contributed by atoms with Crippen LogP contribution in [-0.2, 0) is 0 Å². The number of benzene rings is 8. The van der Waals surface area contributed by atoms with Gasteiger partial charge in [0.2, 0.25) is 0 Å². The summed E-state index contributed by atoms with van der Waals surface area (Å²) in [5.41, 5.74) is 12.2. The molecule has 0 saturated carbocycles. The van der Waals surface area contributed by atoms with E-state index in [-0.39, 0.29) is 0 Å². The van der Waals surface area contributed by atoms with Gasteiger partial charge in [-0.15, -0.1) is 11.3 Å².